The predicted molar refractivity (Wildman–Crippen MR) is 76.2 cm³/mol. The molecule has 1 aromatic heterocycles. The van der Waals surface area contributed by atoms with E-state index in [0.29, 0.717) is 5.56 Å². The van der Waals surface area contributed by atoms with Crippen molar-refractivity contribution in [2.45, 2.75) is 8.69 Å². The molecule has 6 heteroatoms. The van der Waals surface area contributed by atoms with E-state index in [1.165, 1.54) is 0 Å². The summed E-state index contributed by atoms with van der Waals surface area (Å²) in [4.78, 5) is 1.96. The van der Waals surface area contributed by atoms with Crippen molar-refractivity contribution >= 4 is 58.8 Å². The van der Waals surface area contributed by atoms with Gasteiger partial charge in [0.15, 0.2) is 0 Å². The number of hydrogen-bond donors (Lipinski definition) is 1. The summed E-state index contributed by atoms with van der Waals surface area (Å²) >= 11 is 23.4. The van der Waals surface area contributed by atoms with Crippen LogP contribution < -0.4 is 0 Å². The summed E-state index contributed by atoms with van der Waals surface area (Å²) in [5.41, 5.74) is 1.74. The minimum Gasteiger partial charge on any atom is -0.143 e. The Morgan fingerprint density at radius 3 is 2.29 bits per heavy atom. The summed E-state index contributed by atoms with van der Waals surface area (Å²) in [6, 6.07) is 9.72. The second kappa shape index (κ2) is 6.28. The molecule has 0 spiro atoms. The topological polar surface area (TPSA) is 0 Å². The number of hydrogen-bond acceptors (Lipinski definition) is 2. The average Bonchev–Trinajstić information content (AvgIpc) is 2.66. The van der Waals surface area contributed by atoms with Crippen molar-refractivity contribution in [2.75, 3.05) is 0 Å². The zero-order valence-electron chi connectivity index (χ0n) is 8.66. The number of thiol groups is 1. The fraction of sp³-hybridized carbons (Fsp3) is 0.0909. The van der Waals surface area contributed by atoms with Gasteiger partial charge in [-0.1, -0.05) is 53.0 Å². The molecule has 1 aromatic carbocycles. The van der Waals surface area contributed by atoms with E-state index < -0.39 is 3.79 Å². The maximum absolute atomic E-state index is 5.82. The number of rotatable bonds is 1. The third kappa shape index (κ3) is 3.86. The molecule has 0 saturated heterocycles. The van der Waals surface area contributed by atoms with E-state index in [9.17, 15) is 0 Å². The van der Waals surface area contributed by atoms with Gasteiger partial charge in [-0.25, -0.2) is 0 Å². The Bertz CT molecular complexity index is 505. The fourth-order valence-corrected chi connectivity index (χ4v) is 3.18. The van der Waals surface area contributed by atoms with Crippen molar-refractivity contribution in [3.63, 3.8) is 0 Å². The Morgan fingerprint density at radius 1 is 1.12 bits per heavy atom. The van der Waals surface area contributed by atoms with E-state index in [2.05, 4.69) is 12.6 Å². The molecule has 0 bridgehead atoms. The van der Waals surface area contributed by atoms with Crippen LogP contribution in [0.3, 0.4) is 0 Å². The largest absolute Gasteiger partial charge is 0.216 e. The van der Waals surface area contributed by atoms with Gasteiger partial charge in [0.25, 0.3) is 0 Å². The van der Waals surface area contributed by atoms with Gasteiger partial charge in [0, 0.05) is 40.4 Å². The maximum Gasteiger partial charge on any atom is 0.216 e. The van der Waals surface area contributed by atoms with Gasteiger partial charge < -0.3 is 0 Å². The van der Waals surface area contributed by atoms with Crippen LogP contribution in [-0.2, 0) is 23.3 Å². The molecule has 17 heavy (non-hydrogen) atoms. The molecule has 0 unspecified atom stereocenters. The normalized spacial score (nSPS) is 11.1. The van der Waals surface area contributed by atoms with Gasteiger partial charge >= 0.3 is 0 Å². The zero-order chi connectivity index (χ0) is 11.8. The first-order valence-electron chi connectivity index (χ1n) is 4.42. The third-order valence-corrected chi connectivity index (χ3v) is 4.10. The van der Waals surface area contributed by atoms with Crippen molar-refractivity contribution in [2.24, 2.45) is 0 Å². The van der Waals surface area contributed by atoms with Crippen LogP contribution in [0.2, 0.25) is 0 Å². The van der Waals surface area contributed by atoms with Gasteiger partial charge in [0.2, 0.25) is 3.79 Å². The van der Waals surface area contributed by atoms with Crippen molar-refractivity contribution < 1.29 is 19.5 Å². The molecular weight excluding hydrogens is 368 g/mol. The first-order valence-corrected chi connectivity index (χ1v) is 6.88. The van der Waals surface area contributed by atoms with E-state index in [0.717, 1.165) is 15.3 Å². The summed E-state index contributed by atoms with van der Waals surface area (Å²) in [6.45, 7) is 0. The van der Waals surface area contributed by atoms with Crippen LogP contribution in [0.5, 0.6) is 0 Å². The summed E-state index contributed by atoms with van der Waals surface area (Å²) < 4.78 is -1.36. The Balaban J connectivity index is 0.00000144. The van der Waals surface area contributed by atoms with Crippen LogP contribution in [0.1, 0.15) is 5.56 Å². The van der Waals surface area contributed by atoms with Crippen molar-refractivity contribution in [3.8, 4) is 10.4 Å². The quantitative estimate of drug-likeness (QED) is 0.378. The number of alkyl halides is 3. The fourth-order valence-electron chi connectivity index (χ4n) is 1.31. The average molecular weight is 375 g/mol. The Morgan fingerprint density at radius 2 is 1.76 bits per heavy atom. The molecule has 0 aliphatic carbocycles. The molecule has 0 fully saturated rings. The molecule has 1 heterocycles. The summed E-state index contributed by atoms with van der Waals surface area (Å²) in [5, 5.41) is 1.85. The Labute approximate surface area is 137 Å². The van der Waals surface area contributed by atoms with Crippen LogP contribution in [0.4, 0.5) is 0 Å². The van der Waals surface area contributed by atoms with Crippen LogP contribution in [0, 0.1) is 0 Å². The molecule has 0 N–H and O–H groups in total. The Hall–Kier alpha value is 0.763. The molecule has 0 amide bonds. The Kier molecular flexibility index (Phi) is 5.84. The summed E-state index contributed by atoms with van der Waals surface area (Å²) in [6.07, 6.45) is 0. The van der Waals surface area contributed by atoms with Gasteiger partial charge in [-0.05, 0) is 17.5 Å². The number of thiophene rings is 1. The molecule has 86 valence electrons. The minimum atomic E-state index is -1.36. The summed E-state index contributed by atoms with van der Waals surface area (Å²) in [5.74, 6) is 0. The molecule has 0 radical (unpaired) electrons. The standard InChI is InChI=1S/C11H7Cl3S2.Zn/c12-11(13,14)7-5-10(16-6-7)8-3-1-2-4-9(8)15;/h1-6,15H;. The third-order valence-electron chi connectivity index (χ3n) is 2.10. The molecule has 0 aliphatic heterocycles. The van der Waals surface area contributed by atoms with Gasteiger partial charge in [-0.2, -0.15) is 0 Å². The van der Waals surface area contributed by atoms with Gasteiger partial charge in [-0.15, -0.1) is 24.0 Å². The first kappa shape index (κ1) is 15.8. The van der Waals surface area contributed by atoms with E-state index in [-0.39, 0.29) is 19.5 Å². The van der Waals surface area contributed by atoms with Gasteiger partial charge in [0.1, 0.15) is 0 Å². The zero-order valence-corrected chi connectivity index (χ0v) is 15.6. The van der Waals surface area contributed by atoms with E-state index in [4.69, 9.17) is 34.8 Å². The summed E-state index contributed by atoms with van der Waals surface area (Å²) in [7, 11) is 0. The molecule has 2 aromatic rings. The number of halogens is 3. The first-order chi connectivity index (χ1) is 7.48. The monoisotopic (exact) mass is 372 g/mol. The molecule has 0 atom stereocenters. The smallest absolute Gasteiger partial charge is 0.143 e. The van der Waals surface area contributed by atoms with Crippen LogP contribution >= 0.6 is 58.8 Å². The van der Waals surface area contributed by atoms with E-state index in [1.54, 1.807) is 11.3 Å². The second-order valence-corrected chi connectivity index (χ2v) is 6.89. The predicted octanol–water partition coefficient (Wildman–Crippen LogP) is 5.53. The van der Waals surface area contributed by atoms with E-state index >= 15 is 0 Å². The molecule has 0 aliphatic rings. The van der Waals surface area contributed by atoms with Crippen molar-refractivity contribution in [3.05, 3.63) is 41.3 Å². The van der Waals surface area contributed by atoms with Gasteiger partial charge in [-0.3, -0.25) is 0 Å². The van der Waals surface area contributed by atoms with Crippen LogP contribution in [-0.4, -0.2) is 0 Å². The van der Waals surface area contributed by atoms with Crippen molar-refractivity contribution in [1.82, 2.24) is 0 Å². The van der Waals surface area contributed by atoms with Gasteiger partial charge in [0.05, 0.1) is 0 Å². The molecule has 2 rings (SSSR count). The maximum atomic E-state index is 5.82. The molecule has 0 saturated carbocycles. The molecule has 0 nitrogen and oxygen atoms in total. The molecular formula is C11H7Cl3S2Zn. The SMILES string of the molecule is Sc1ccccc1-c1cc(C(Cl)(Cl)Cl)cs1.[Zn]. The minimum absolute atomic E-state index is 0. The number of benzene rings is 1. The second-order valence-electron chi connectivity index (χ2n) is 3.21. The van der Waals surface area contributed by atoms with Crippen LogP contribution in [0.25, 0.3) is 10.4 Å². The van der Waals surface area contributed by atoms with Crippen LogP contribution in [0.15, 0.2) is 40.6 Å². The van der Waals surface area contributed by atoms with E-state index in [1.807, 2.05) is 35.7 Å². The van der Waals surface area contributed by atoms with Crippen molar-refractivity contribution in [1.29, 1.82) is 0 Å².